The lowest BCUT2D eigenvalue weighted by atomic mass is 10.1. The highest BCUT2D eigenvalue weighted by molar-refractivity contribution is 5.50. The summed E-state index contributed by atoms with van der Waals surface area (Å²) in [6, 6.07) is 0. The van der Waals surface area contributed by atoms with Crippen molar-refractivity contribution in [1.82, 2.24) is 15.1 Å². The molecule has 0 saturated carbocycles. The Morgan fingerprint density at radius 3 is 2.70 bits per heavy atom. The fourth-order valence-corrected chi connectivity index (χ4v) is 2.92. The molecule has 0 atom stereocenters. The smallest absolute Gasteiger partial charge is 0.131 e. The highest BCUT2D eigenvalue weighted by atomic mass is 16.5. The molecule has 0 amide bonds. The molecule has 114 valence electrons. The van der Waals surface area contributed by atoms with E-state index in [9.17, 15) is 0 Å². The number of rotatable bonds is 6. The minimum absolute atomic E-state index is 0.105. The van der Waals surface area contributed by atoms with Gasteiger partial charge in [-0.1, -0.05) is 0 Å². The van der Waals surface area contributed by atoms with Gasteiger partial charge in [0.05, 0.1) is 25.0 Å². The molecule has 0 aliphatic carbocycles. The molecular formula is C14H26N4O2. The molecule has 1 aliphatic rings. The van der Waals surface area contributed by atoms with Gasteiger partial charge in [-0.25, -0.2) is 0 Å². The lowest BCUT2D eigenvalue weighted by Gasteiger charge is -2.34. The first-order chi connectivity index (χ1) is 9.67. The molecule has 0 aromatic carbocycles. The minimum atomic E-state index is 0.105. The SMILES string of the molecule is CNCc1c(C)nn(C)c1N1CCC(OCCO)CC1. The number of aliphatic hydroxyl groups excluding tert-OH is 1. The summed E-state index contributed by atoms with van der Waals surface area (Å²) in [7, 11) is 3.97. The number of ether oxygens (including phenoxy) is 1. The van der Waals surface area contributed by atoms with E-state index in [1.807, 2.05) is 18.8 Å². The van der Waals surface area contributed by atoms with Crippen LogP contribution in [0.15, 0.2) is 0 Å². The van der Waals surface area contributed by atoms with Crippen LogP contribution in [0.4, 0.5) is 5.82 Å². The van der Waals surface area contributed by atoms with E-state index in [2.05, 4.69) is 22.2 Å². The van der Waals surface area contributed by atoms with Gasteiger partial charge in [-0.05, 0) is 26.8 Å². The number of hydrogen-bond acceptors (Lipinski definition) is 5. The molecule has 1 saturated heterocycles. The average Bonchev–Trinajstić information content (AvgIpc) is 2.72. The maximum absolute atomic E-state index is 8.81. The zero-order valence-electron chi connectivity index (χ0n) is 12.7. The minimum Gasteiger partial charge on any atom is -0.394 e. The number of piperidine rings is 1. The summed E-state index contributed by atoms with van der Waals surface area (Å²) >= 11 is 0. The molecule has 1 fully saturated rings. The maximum atomic E-state index is 8.81. The third-order valence-electron chi connectivity index (χ3n) is 3.85. The summed E-state index contributed by atoms with van der Waals surface area (Å²) in [5, 5.41) is 16.6. The van der Waals surface area contributed by atoms with Crippen LogP contribution in [0, 0.1) is 6.92 Å². The van der Waals surface area contributed by atoms with Gasteiger partial charge in [0.2, 0.25) is 0 Å². The number of hydrogen-bond donors (Lipinski definition) is 2. The van der Waals surface area contributed by atoms with E-state index in [1.54, 1.807) is 0 Å². The van der Waals surface area contributed by atoms with Gasteiger partial charge < -0.3 is 20.1 Å². The fourth-order valence-electron chi connectivity index (χ4n) is 2.92. The Morgan fingerprint density at radius 1 is 1.40 bits per heavy atom. The van der Waals surface area contributed by atoms with Crippen molar-refractivity contribution in [1.29, 1.82) is 0 Å². The molecule has 1 aliphatic heterocycles. The zero-order chi connectivity index (χ0) is 14.5. The first-order valence-corrected chi connectivity index (χ1v) is 7.31. The van der Waals surface area contributed by atoms with Gasteiger partial charge in [0, 0.05) is 32.2 Å². The van der Waals surface area contributed by atoms with Gasteiger partial charge in [-0.15, -0.1) is 0 Å². The highest BCUT2D eigenvalue weighted by Crippen LogP contribution is 2.26. The van der Waals surface area contributed by atoms with Crippen molar-refractivity contribution in [3.63, 3.8) is 0 Å². The topological polar surface area (TPSA) is 62.6 Å². The number of aryl methyl sites for hydroxylation is 2. The van der Waals surface area contributed by atoms with Crippen molar-refractivity contribution in [2.24, 2.45) is 7.05 Å². The Labute approximate surface area is 120 Å². The number of nitrogens with one attached hydrogen (secondary N) is 1. The predicted octanol–water partition coefficient (Wildman–Crippen LogP) is 0.426. The molecule has 2 heterocycles. The molecule has 2 rings (SSSR count). The molecule has 6 heteroatoms. The zero-order valence-corrected chi connectivity index (χ0v) is 12.7. The van der Waals surface area contributed by atoms with Crippen LogP contribution in [-0.2, 0) is 18.3 Å². The quantitative estimate of drug-likeness (QED) is 0.792. The largest absolute Gasteiger partial charge is 0.394 e. The molecule has 0 spiro atoms. The third kappa shape index (κ3) is 3.31. The summed E-state index contributed by atoms with van der Waals surface area (Å²) in [6.07, 6.45) is 2.28. The van der Waals surface area contributed by atoms with E-state index >= 15 is 0 Å². The van der Waals surface area contributed by atoms with Crippen molar-refractivity contribution >= 4 is 5.82 Å². The number of aliphatic hydroxyl groups is 1. The third-order valence-corrected chi connectivity index (χ3v) is 3.85. The van der Waals surface area contributed by atoms with Gasteiger partial charge in [0.25, 0.3) is 0 Å². The summed E-state index contributed by atoms with van der Waals surface area (Å²) < 4.78 is 7.60. The Bertz CT molecular complexity index is 425. The van der Waals surface area contributed by atoms with Crippen LogP contribution in [0.25, 0.3) is 0 Å². The predicted molar refractivity (Wildman–Crippen MR) is 79.0 cm³/mol. The van der Waals surface area contributed by atoms with Crippen LogP contribution in [0.3, 0.4) is 0 Å². The number of aromatic nitrogens is 2. The van der Waals surface area contributed by atoms with Crippen LogP contribution >= 0.6 is 0 Å². The molecule has 1 aromatic heterocycles. The summed E-state index contributed by atoms with van der Waals surface area (Å²) in [6.45, 7) is 5.41. The summed E-state index contributed by atoms with van der Waals surface area (Å²) in [5.41, 5.74) is 2.38. The molecule has 1 aromatic rings. The van der Waals surface area contributed by atoms with Crippen LogP contribution in [-0.4, -0.2) is 54.3 Å². The van der Waals surface area contributed by atoms with E-state index < -0.39 is 0 Å². The van der Waals surface area contributed by atoms with E-state index in [0.29, 0.717) is 6.61 Å². The molecular weight excluding hydrogens is 256 g/mol. The van der Waals surface area contributed by atoms with Crippen molar-refractivity contribution in [2.45, 2.75) is 32.4 Å². The van der Waals surface area contributed by atoms with Gasteiger partial charge in [0.15, 0.2) is 0 Å². The van der Waals surface area contributed by atoms with Crippen LogP contribution in [0.2, 0.25) is 0 Å². The lowest BCUT2D eigenvalue weighted by Crippen LogP contribution is -2.39. The second-order valence-corrected chi connectivity index (χ2v) is 5.32. The molecule has 2 N–H and O–H groups in total. The fraction of sp³-hybridized carbons (Fsp3) is 0.786. The van der Waals surface area contributed by atoms with Gasteiger partial charge in [0.1, 0.15) is 5.82 Å². The van der Waals surface area contributed by atoms with Crippen LogP contribution in [0.5, 0.6) is 0 Å². The standard InChI is InChI=1S/C14H26N4O2/c1-11-13(10-15-2)14(17(3)16-11)18-6-4-12(5-7-18)20-9-8-19/h12,15,19H,4-10H2,1-3H3. The van der Waals surface area contributed by atoms with E-state index in [0.717, 1.165) is 38.2 Å². The molecule has 6 nitrogen and oxygen atoms in total. The van der Waals surface area contributed by atoms with Gasteiger partial charge >= 0.3 is 0 Å². The Balaban J connectivity index is 2.03. The maximum Gasteiger partial charge on any atom is 0.131 e. The van der Waals surface area contributed by atoms with Crippen molar-refractivity contribution < 1.29 is 9.84 Å². The van der Waals surface area contributed by atoms with Crippen molar-refractivity contribution in [3.05, 3.63) is 11.3 Å². The van der Waals surface area contributed by atoms with Crippen molar-refractivity contribution in [3.8, 4) is 0 Å². The van der Waals surface area contributed by atoms with E-state index in [4.69, 9.17) is 9.84 Å². The van der Waals surface area contributed by atoms with E-state index in [-0.39, 0.29) is 12.7 Å². The Kier molecular flexibility index (Phi) is 5.39. The second kappa shape index (κ2) is 7.06. The Morgan fingerprint density at radius 2 is 2.10 bits per heavy atom. The lowest BCUT2D eigenvalue weighted by molar-refractivity contribution is 0.0157. The van der Waals surface area contributed by atoms with Crippen molar-refractivity contribution in [2.75, 3.05) is 38.3 Å². The van der Waals surface area contributed by atoms with Crippen LogP contribution < -0.4 is 10.2 Å². The number of nitrogens with zero attached hydrogens (tertiary/aromatic N) is 3. The Hall–Kier alpha value is -1.11. The normalized spacial score (nSPS) is 16.9. The van der Waals surface area contributed by atoms with Crippen LogP contribution in [0.1, 0.15) is 24.1 Å². The first-order valence-electron chi connectivity index (χ1n) is 7.31. The molecule has 0 unspecified atom stereocenters. The average molecular weight is 282 g/mol. The molecule has 0 radical (unpaired) electrons. The molecule has 0 bridgehead atoms. The van der Waals surface area contributed by atoms with Gasteiger partial charge in [-0.3, -0.25) is 4.68 Å². The monoisotopic (exact) mass is 282 g/mol. The molecule has 20 heavy (non-hydrogen) atoms. The summed E-state index contributed by atoms with van der Waals surface area (Å²) in [5.74, 6) is 1.22. The highest BCUT2D eigenvalue weighted by Gasteiger charge is 2.24. The summed E-state index contributed by atoms with van der Waals surface area (Å²) in [4.78, 5) is 2.39. The second-order valence-electron chi connectivity index (χ2n) is 5.32. The number of anilines is 1. The van der Waals surface area contributed by atoms with Gasteiger partial charge in [-0.2, -0.15) is 5.10 Å². The first kappa shape index (κ1) is 15.3. The van der Waals surface area contributed by atoms with E-state index in [1.165, 1.54) is 11.4 Å².